The molecule has 3 aliphatic heterocycles. The molecule has 1 spiro atoms. The van der Waals surface area contributed by atoms with Crippen LogP contribution in [0.3, 0.4) is 0 Å². The van der Waals surface area contributed by atoms with Gasteiger partial charge in [0.1, 0.15) is 5.76 Å². The first kappa shape index (κ1) is 34.5. The van der Waals surface area contributed by atoms with Crippen LogP contribution < -0.4 is 9.47 Å². The second kappa shape index (κ2) is 14.5. The summed E-state index contributed by atoms with van der Waals surface area (Å²) in [4.78, 5) is 29.6. The number of carbonyl (C=O) groups excluding carboxylic acids is 2. The van der Waals surface area contributed by atoms with Crippen LogP contribution in [0.25, 0.3) is 0 Å². The van der Waals surface area contributed by atoms with Gasteiger partial charge >= 0.3 is 11.9 Å². The van der Waals surface area contributed by atoms with Crippen molar-refractivity contribution >= 4 is 11.9 Å². The zero-order valence-electron chi connectivity index (χ0n) is 28.1. The quantitative estimate of drug-likeness (QED) is 0.181. The van der Waals surface area contributed by atoms with Crippen LogP contribution in [0.5, 0.6) is 11.5 Å². The first-order valence-corrected chi connectivity index (χ1v) is 17.3. The maximum Gasteiger partial charge on any atom is 0.339 e. The van der Waals surface area contributed by atoms with Gasteiger partial charge < -0.3 is 33.9 Å². The molecule has 46 heavy (non-hydrogen) atoms. The number of hydrogen-bond acceptors (Lipinski definition) is 10. The molecule has 4 atom stereocenters. The third-order valence-corrected chi connectivity index (χ3v) is 10.2. The molecule has 2 unspecified atom stereocenters. The Labute approximate surface area is 273 Å². The first-order valence-electron chi connectivity index (χ1n) is 17.3. The molecule has 5 rings (SSSR count). The number of carbonyl (C=O) groups is 2. The van der Waals surface area contributed by atoms with Crippen LogP contribution in [-0.2, 0) is 30.2 Å². The van der Waals surface area contributed by atoms with Gasteiger partial charge in [0, 0.05) is 6.54 Å². The van der Waals surface area contributed by atoms with E-state index in [4.69, 9.17) is 23.7 Å². The molecule has 1 saturated heterocycles. The van der Waals surface area contributed by atoms with E-state index in [9.17, 15) is 19.8 Å². The fraction of sp³-hybridized carbons (Fsp3) is 0.722. The van der Waals surface area contributed by atoms with Crippen molar-refractivity contribution in [2.24, 2.45) is 0 Å². The van der Waals surface area contributed by atoms with Gasteiger partial charge in [0.15, 0.2) is 23.2 Å². The number of esters is 2. The summed E-state index contributed by atoms with van der Waals surface area (Å²) in [6, 6.07) is 4.04. The monoisotopic (exact) mass is 643 g/mol. The number of nitrogens with zero attached hydrogens (tertiary/aromatic N) is 1. The molecule has 3 heterocycles. The number of hydrogen-bond donors (Lipinski definition) is 2. The first-order chi connectivity index (χ1) is 22.0. The highest BCUT2D eigenvalue weighted by Crippen LogP contribution is 2.55. The number of methoxy groups -OCH3 is 1. The van der Waals surface area contributed by atoms with E-state index in [1.807, 2.05) is 12.1 Å². The van der Waals surface area contributed by atoms with Gasteiger partial charge in [-0.25, -0.2) is 4.79 Å². The second-order valence-electron chi connectivity index (χ2n) is 14.2. The highest BCUT2D eigenvalue weighted by atomic mass is 16.7. The molecule has 10 heteroatoms. The number of rotatable bonds is 16. The Bertz CT molecular complexity index is 1270. The van der Waals surface area contributed by atoms with E-state index in [2.05, 4.69) is 17.9 Å². The van der Waals surface area contributed by atoms with E-state index >= 15 is 0 Å². The highest BCUT2D eigenvalue weighted by molar-refractivity contribution is 5.86. The molecule has 1 fully saturated rings. The molecule has 0 bridgehead atoms. The van der Waals surface area contributed by atoms with Gasteiger partial charge in [0.2, 0.25) is 6.79 Å². The van der Waals surface area contributed by atoms with Crippen molar-refractivity contribution in [3.63, 3.8) is 0 Å². The van der Waals surface area contributed by atoms with Crippen molar-refractivity contribution in [3.8, 4) is 11.5 Å². The summed E-state index contributed by atoms with van der Waals surface area (Å²) >= 11 is 0. The van der Waals surface area contributed by atoms with Crippen molar-refractivity contribution in [2.45, 2.75) is 133 Å². The average Bonchev–Trinajstić information content (AvgIpc) is 3.69. The fourth-order valence-electron chi connectivity index (χ4n) is 7.75. The van der Waals surface area contributed by atoms with Crippen LogP contribution in [0, 0.1) is 0 Å². The maximum absolute atomic E-state index is 14.1. The minimum absolute atomic E-state index is 0.0576. The van der Waals surface area contributed by atoms with Crippen LogP contribution >= 0.6 is 0 Å². The fourth-order valence-corrected chi connectivity index (χ4v) is 7.75. The Morgan fingerprint density at radius 3 is 2.50 bits per heavy atom. The average molecular weight is 644 g/mol. The van der Waals surface area contributed by atoms with E-state index in [-0.39, 0.29) is 25.7 Å². The third-order valence-electron chi connectivity index (χ3n) is 10.2. The maximum atomic E-state index is 14.1. The van der Waals surface area contributed by atoms with E-state index in [0.29, 0.717) is 30.1 Å². The number of benzene rings is 1. The van der Waals surface area contributed by atoms with Crippen molar-refractivity contribution < 1.29 is 43.5 Å². The van der Waals surface area contributed by atoms with Crippen molar-refractivity contribution in [2.75, 3.05) is 33.6 Å². The summed E-state index contributed by atoms with van der Waals surface area (Å²) in [5, 5.41) is 22.2. The van der Waals surface area contributed by atoms with Crippen LogP contribution in [0.4, 0.5) is 0 Å². The summed E-state index contributed by atoms with van der Waals surface area (Å²) in [5.74, 6) is 0.0629. The number of aliphatic hydroxyl groups is 2. The molecule has 1 aromatic carbocycles. The standard InChI is InChI=1S/C36H53NO9/c1-5-6-7-8-9-10-19-43-30(38)23-36(41,16-11-14-34(2,3)40)33(39)46-32-29(42-4)22-35-15-12-17-37(35)18-13-25-20-27-28(45-24-44-27)21-26(25)31(32)35/h20-22,31-32,40-41H,5-19,23-24H2,1-4H3/t31-,32?,35?,36-/m1/s1. The van der Waals surface area contributed by atoms with Crippen LogP contribution in [0.1, 0.15) is 115 Å². The predicted octanol–water partition coefficient (Wildman–Crippen LogP) is 5.31. The molecule has 10 nitrogen and oxygen atoms in total. The Morgan fingerprint density at radius 1 is 1.02 bits per heavy atom. The van der Waals surface area contributed by atoms with Gasteiger partial charge in [-0.1, -0.05) is 39.0 Å². The zero-order chi connectivity index (χ0) is 33.0. The van der Waals surface area contributed by atoms with E-state index < -0.39 is 41.2 Å². The van der Waals surface area contributed by atoms with Crippen LogP contribution in [-0.4, -0.2) is 83.5 Å². The number of unbranched alkanes of at least 4 members (excludes halogenated alkanes) is 5. The molecule has 2 N–H and O–H groups in total. The summed E-state index contributed by atoms with van der Waals surface area (Å²) < 4.78 is 29.1. The summed E-state index contributed by atoms with van der Waals surface area (Å²) in [5.41, 5.74) is -1.43. The lowest BCUT2D eigenvalue weighted by Gasteiger charge is -2.39. The van der Waals surface area contributed by atoms with Gasteiger partial charge in [-0.05, 0) is 94.7 Å². The van der Waals surface area contributed by atoms with Crippen molar-refractivity contribution in [1.82, 2.24) is 4.90 Å². The van der Waals surface area contributed by atoms with Gasteiger partial charge in [-0.3, -0.25) is 9.69 Å². The van der Waals surface area contributed by atoms with Gasteiger partial charge in [-0.2, -0.15) is 0 Å². The molecule has 4 aliphatic rings. The molecule has 256 valence electrons. The SMILES string of the molecule is CCCCCCCCOC(=O)C[C@](O)(CCCC(C)(C)O)C(=O)OC1C(OC)=CC23CCCN2CCc2cc4c(cc2[C@H]13)OCO4. The van der Waals surface area contributed by atoms with Crippen molar-refractivity contribution in [3.05, 3.63) is 35.1 Å². The van der Waals surface area contributed by atoms with E-state index in [0.717, 1.165) is 75.6 Å². The Balaban J connectivity index is 1.37. The Kier molecular flexibility index (Phi) is 10.9. The molecular formula is C36H53NO9. The minimum Gasteiger partial charge on any atom is -0.497 e. The summed E-state index contributed by atoms with van der Waals surface area (Å²) in [7, 11) is 1.57. The minimum atomic E-state index is -2.13. The van der Waals surface area contributed by atoms with Gasteiger partial charge in [-0.15, -0.1) is 0 Å². The molecule has 1 aliphatic carbocycles. The highest BCUT2D eigenvalue weighted by Gasteiger charge is 2.59. The van der Waals surface area contributed by atoms with Crippen LogP contribution in [0.15, 0.2) is 24.0 Å². The van der Waals surface area contributed by atoms with E-state index in [1.165, 1.54) is 6.42 Å². The molecule has 1 aromatic rings. The lowest BCUT2D eigenvalue weighted by atomic mass is 9.77. The van der Waals surface area contributed by atoms with Gasteiger partial charge in [0.05, 0.1) is 37.2 Å². The normalized spacial score (nSPS) is 24.7. The molecular weight excluding hydrogens is 590 g/mol. The smallest absolute Gasteiger partial charge is 0.339 e. The Hall–Kier alpha value is -2.82. The lowest BCUT2D eigenvalue weighted by Crippen LogP contribution is -2.49. The molecule has 0 saturated carbocycles. The number of ether oxygens (including phenoxy) is 5. The molecule has 0 aromatic heterocycles. The number of fused-ring (bicyclic) bond motifs is 3. The zero-order valence-corrected chi connectivity index (χ0v) is 28.1. The molecule has 0 amide bonds. The Morgan fingerprint density at radius 2 is 1.76 bits per heavy atom. The van der Waals surface area contributed by atoms with Crippen LogP contribution in [0.2, 0.25) is 0 Å². The van der Waals surface area contributed by atoms with E-state index in [1.54, 1.807) is 21.0 Å². The summed E-state index contributed by atoms with van der Waals surface area (Å²) in [6.07, 6.45) is 10.3. The lowest BCUT2D eigenvalue weighted by molar-refractivity contribution is -0.179. The predicted molar refractivity (Wildman–Crippen MR) is 172 cm³/mol. The van der Waals surface area contributed by atoms with Crippen molar-refractivity contribution in [1.29, 1.82) is 0 Å². The topological polar surface area (TPSA) is 124 Å². The second-order valence-corrected chi connectivity index (χ2v) is 14.2. The molecule has 0 radical (unpaired) electrons. The third kappa shape index (κ3) is 7.50. The van der Waals surface area contributed by atoms with Gasteiger partial charge in [0.25, 0.3) is 0 Å². The summed E-state index contributed by atoms with van der Waals surface area (Å²) in [6.45, 7) is 7.67. The largest absolute Gasteiger partial charge is 0.497 e.